The molecule has 2 aliphatic rings. The number of hydrogen-bond donors (Lipinski definition) is 2. The zero-order chi connectivity index (χ0) is 26.8. The predicted molar refractivity (Wildman–Crippen MR) is 141 cm³/mol. The van der Waals surface area contributed by atoms with Crippen molar-refractivity contribution in [3.05, 3.63) is 21.7 Å². The number of carbonyl (C=O) groups is 2. The van der Waals surface area contributed by atoms with E-state index in [1.54, 1.807) is 32.1 Å². The van der Waals surface area contributed by atoms with Crippen LogP contribution in [0.4, 0.5) is 0 Å². The number of aromatic nitrogens is 1. The lowest BCUT2D eigenvalue weighted by Crippen LogP contribution is -2.45. The first-order chi connectivity index (χ1) is 16.8. The molecular weight excluding hydrogens is 478 g/mol. The van der Waals surface area contributed by atoms with Gasteiger partial charge in [-0.15, -0.1) is 11.3 Å². The molecule has 2 aliphatic heterocycles. The SMILES string of the molecule is CCc1nc(/C=C(\C)[C@H]2C[C@H]3O[C@@]3(C)CCC[C@@H](C)[C@@H](O)[C@H](C)C(=O)C(C)(C)[C@H](O)CC(=O)O2)cs1. The van der Waals surface area contributed by atoms with Crippen LogP contribution in [0.25, 0.3) is 6.08 Å². The van der Waals surface area contributed by atoms with E-state index in [1.807, 2.05) is 25.3 Å². The number of nitrogens with zero attached hydrogens (tertiary/aromatic N) is 1. The topological polar surface area (TPSA) is 109 Å². The van der Waals surface area contributed by atoms with Gasteiger partial charge in [0.2, 0.25) is 0 Å². The molecule has 7 nitrogen and oxygen atoms in total. The third kappa shape index (κ3) is 6.63. The zero-order valence-corrected chi connectivity index (χ0v) is 23.6. The second kappa shape index (κ2) is 11.4. The van der Waals surface area contributed by atoms with Crippen LogP contribution in [0.2, 0.25) is 0 Å². The Morgan fingerprint density at radius 1 is 1.25 bits per heavy atom. The molecule has 1 aromatic rings. The van der Waals surface area contributed by atoms with Crippen molar-refractivity contribution in [2.24, 2.45) is 17.3 Å². The molecule has 3 heterocycles. The number of ketones is 1. The second-order valence-electron chi connectivity index (χ2n) is 11.5. The molecule has 0 aromatic carbocycles. The largest absolute Gasteiger partial charge is 0.458 e. The van der Waals surface area contributed by atoms with Gasteiger partial charge < -0.3 is 19.7 Å². The number of Topliss-reactive ketones (excluding diaryl/α,β-unsaturated/α-hetero) is 1. The van der Waals surface area contributed by atoms with Crippen molar-refractivity contribution >= 4 is 29.2 Å². The third-order valence-corrected chi connectivity index (χ3v) is 9.17. The van der Waals surface area contributed by atoms with Gasteiger partial charge in [0.1, 0.15) is 11.9 Å². The zero-order valence-electron chi connectivity index (χ0n) is 22.7. The van der Waals surface area contributed by atoms with Gasteiger partial charge in [-0.1, -0.05) is 41.0 Å². The van der Waals surface area contributed by atoms with E-state index in [0.717, 1.165) is 42.0 Å². The van der Waals surface area contributed by atoms with Crippen molar-refractivity contribution in [2.45, 2.75) is 117 Å². The second-order valence-corrected chi connectivity index (χ2v) is 12.4. The summed E-state index contributed by atoms with van der Waals surface area (Å²) >= 11 is 1.60. The Bertz CT molecular complexity index is 971. The molecule has 0 bridgehead atoms. The summed E-state index contributed by atoms with van der Waals surface area (Å²) in [6, 6.07) is 0. The van der Waals surface area contributed by atoms with Crippen LogP contribution in [-0.2, 0) is 25.5 Å². The maximum absolute atomic E-state index is 13.2. The number of rotatable bonds is 3. The van der Waals surface area contributed by atoms with Crippen molar-refractivity contribution in [3.8, 4) is 0 Å². The van der Waals surface area contributed by atoms with Gasteiger partial charge in [-0.3, -0.25) is 9.59 Å². The Kier molecular flexibility index (Phi) is 9.18. The summed E-state index contributed by atoms with van der Waals surface area (Å²) < 4.78 is 12.0. The molecule has 0 spiro atoms. The quantitative estimate of drug-likeness (QED) is 0.437. The number of aryl methyl sites for hydroxylation is 1. The van der Waals surface area contributed by atoms with Gasteiger partial charge in [-0.05, 0) is 50.7 Å². The van der Waals surface area contributed by atoms with Crippen LogP contribution in [0.3, 0.4) is 0 Å². The highest BCUT2D eigenvalue weighted by Gasteiger charge is 2.53. The lowest BCUT2D eigenvalue weighted by Gasteiger charge is -2.34. The molecule has 0 radical (unpaired) electrons. The van der Waals surface area contributed by atoms with E-state index >= 15 is 0 Å². The van der Waals surface area contributed by atoms with Crippen LogP contribution < -0.4 is 0 Å². The summed E-state index contributed by atoms with van der Waals surface area (Å²) in [5, 5.41) is 24.8. The summed E-state index contributed by atoms with van der Waals surface area (Å²) in [4.78, 5) is 30.8. The summed E-state index contributed by atoms with van der Waals surface area (Å²) in [7, 11) is 0. The van der Waals surface area contributed by atoms with Gasteiger partial charge in [0.15, 0.2) is 0 Å². The average Bonchev–Trinajstić information content (AvgIpc) is 3.23. The highest BCUT2D eigenvalue weighted by molar-refractivity contribution is 7.09. The van der Waals surface area contributed by atoms with E-state index in [1.165, 1.54) is 0 Å². The Morgan fingerprint density at radius 3 is 2.58 bits per heavy atom. The molecule has 2 saturated heterocycles. The van der Waals surface area contributed by atoms with Crippen molar-refractivity contribution in [2.75, 3.05) is 0 Å². The van der Waals surface area contributed by atoms with E-state index in [9.17, 15) is 19.8 Å². The van der Waals surface area contributed by atoms with Gasteiger partial charge in [0, 0.05) is 17.7 Å². The minimum atomic E-state index is -1.23. The average molecular weight is 522 g/mol. The standard InChI is InChI=1S/C28H43NO6S/c1-8-23-29-19(15-36-23)12-17(3)20-13-22-28(7,35-22)11-9-10-16(2)25(32)18(4)26(33)27(5,6)21(30)14-24(31)34-20/h12,15-16,18,20-22,25,30,32H,8-11,13-14H2,1-7H3/b17-12+/t16-,18+,20-,21-,22-,25-,28+/m1/s1. The molecule has 0 saturated carbocycles. The van der Waals surface area contributed by atoms with Gasteiger partial charge in [-0.2, -0.15) is 0 Å². The smallest absolute Gasteiger partial charge is 0.309 e. The third-order valence-electron chi connectivity index (χ3n) is 8.16. The number of thiazole rings is 1. The number of hydrogen-bond acceptors (Lipinski definition) is 8. The molecule has 8 heteroatoms. The first kappa shape index (κ1) is 29.0. The minimum absolute atomic E-state index is 0.0460. The first-order valence-electron chi connectivity index (χ1n) is 13.2. The highest BCUT2D eigenvalue weighted by atomic mass is 32.1. The molecule has 36 heavy (non-hydrogen) atoms. The number of cyclic esters (lactones) is 1. The Balaban J connectivity index is 1.85. The Labute approximate surface area is 219 Å². The molecule has 3 rings (SSSR count). The maximum atomic E-state index is 13.2. The fraction of sp³-hybridized carbons (Fsp3) is 0.750. The maximum Gasteiger partial charge on any atom is 0.309 e. The minimum Gasteiger partial charge on any atom is -0.458 e. The van der Waals surface area contributed by atoms with Crippen LogP contribution in [0.5, 0.6) is 0 Å². The number of carbonyl (C=O) groups excluding carboxylic acids is 2. The molecule has 0 aliphatic carbocycles. The van der Waals surface area contributed by atoms with Gasteiger partial charge >= 0.3 is 5.97 Å². The van der Waals surface area contributed by atoms with Crippen molar-refractivity contribution in [1.29, 1.82) is 0 Å². The van der Waals surface area contributed by atoms with Crippen LogP contribution >= 0.6 is 11.3 Å². The van der Waals surface area contributed by atoms with Crippen LogP contribution in [0.15, 0.2) is 11.0 Å². The molecule has 2 N–H and O–H groups in total. The van der Waals surface area contributed by atoms with Crippen molar-refractivity contribution in [3.63, 3.8) is 0 Å². The molecule has 0 amide bonds. The lowest BCUT2D eigenvalue weighted by atomic mass is 9.73. The number of fused-ring (bicyclic) bond motifs is 1. The fourth-order valence-corrected chi connectivity index (χ4v) is 5.88. The molecule has 7 atom stereocenters. The predicted octanol–water partition coefficient (Wildman–Crippen LogP) is 4.73. The van der Waals surface area contributed by atoms with E-state index in [2.05, 4.69) is 18.8 Å². The summed E-state index contributed by atoms with van der Waals surface area (Å²) in [6.07, 6.45) is 2.87. The van der Waals surface area contributed by atoms with E-state index < -0.39 is 35.6 Å². The van der Waals surface area contributed by atoms with Crippen LogP contribution in [0, 0.1) is 17.3 Å². The molecule has 0 unspecified atom stereocenters. The van der Waals surface area contributed by atoms with E-state index in [0.29, 0.717) is 6.42 Å². The number of aliphatic hydroxyl groups excluding tert-OH is 2. The van der Waals surface area contributed by atoms with Crippen LogP contribution in [0.1, 0.15) is 91.3 Å². The molecule has 1 aromatic heterocycles. The molecule has 202 valence electrons. The summed E-state index contributed by atoms with van der Waals surface area (Å²) in [6.45, 7) is 13.0. The van der Waals surface area contributed by atoms with Gasteiger partial charge in [0.05, 0.1) is 46.5 Å². The lowest BCUT2D eigenvalue weighted by molar-refractivity contribution is -0.154. The Hall–Kier alpha value is -1.61. The first-order valence-corrected chi connectivity index (χ1v) is 14.1. The van der Waals surface area contributed by atoms with Crippen molar-refractivity contribution < 1.29 is 29.3 Å². The van der Waals surface area contributed by atoms with E-state index in [4.69, 9.17) is 9.47 Å². The number of aliphatic hydroxyl groups is 2. The molecular formula is C28H43NO6S. The van der Waals surface area contributed by atoms with Crippen LogP contribution in [-0.4, -0.2) is 57.0 Å². The highest BCUT2D eigenvalue weighted by Crippen LogP contribution is 2.45. The summed E-state index contributed by atoms with van der Waals surface area (Å²) in [5.74, 6) is -1.54. The number of ether oxygens (including phenoxy) is 2. The number of epoxide rings is 1. The van der Waals surface area contributed by atoms with Crippen molar-refractivity contribution in [1.82, 2.24) is 4.98 Å². The van der Waals surface area contributed by atoms with Gasteiger partial charge in [0.25, 0.3) is 0 Å². The number of esters is 1. The van der Waals surface area contributed by atoms with E-state index in [-0.39, 0.29) is 29.8 Å². The summed E-state index contributed by atoms with van der Waals surface area (Å²) in [5.41, 5.74) is 0.202. The normalized spacial score (nSPS) is 36.8. The van der Waals surface area contributed by atoms with Gasteiger partial charge in [-0.25, -0.2) is 4.98 Å². The monoisotopic (exact) mass is 521 g/mol. The fourth-order valence-electron chi connectivity index (χ4n) is 5.17. The molecule has 2 fully saturated rings. The Morgan fingerprint density at radius 2 is 1.94 bits per heavy atom.